The molecule has 0 saturated carbocycles. The van der Waals surface area contributed by atoms with Crippen LogP contribution < -0.4 is 0 Å². The number of aldehydes is 1. The van der Waals surface area contributed by atoms with Crippen LogP contribution >= 0.6 is 0 Å². The summed E-state index contributed by atoms with van der Waals surface area (Å²) in [6.45, 7) is 6.97. The van der Waals surface area contributed by atoms with E-state index >= 15 is 0 Å². The minimum Gasteiger partial charge on any atom is -0.378 e. The summed E-state index contributed by atoms with van der Waals surface area (Å²) in [7, 11) is 0. The van der Waals surface area contributed by atoms with E-state index < -0.39 is 0 Å². The number of carbonyl (C=O) groups is 1. The van der Waals surface area contributed by atoms with Crippen molar-refractivity contribution in [3.05, 3.63) is 12.2 Å². The molecule has 0 saturated heterocycles. The first-order chi connectivity index (χ1) is 6.76. The average molecular weight is 198 g/mol. The zero-order valence-electron chi connectivity index (χ0n) is 9.53. The predicted molar refractivity (Wildman–Crippen MR) is 59.3 cm³/mol. The van der Waals surface area contributed by atoms with Crippen LogP contribution in [0.3, 0.4) is 0 Å². The quantitative estimate of drug-likeness (QED) is 0.443. The van der Waals surface area contributed by atoms with Crippen molar-refractivity contribution in [2.24, 2.45) is 5.92 Å². The molecule has 0 bridgehead atoms. The van der Waals surface area contributed by atoms with E-state index in [0.29, 0.717) is 5.92 Å². The molecule has 0 rings (SSSR count). The second kappa shape index (κ2) is 8.95. The number of unbranched alkanes of at least 4 members (excludes halogenated alkanes) is 1. The molecule has 0 heterocycles. The van der Waals surface area contributed by atoms with Crippen molar-refractivity contribution < 1.29 is 9.53 Å². The van der Waals surface area contributed by atoms with Crippen molar-refractivity contribution in [3.8, 4) is 0 Å². The highest BCUT2D eigenvalue weighted by Gasteiger charge is 2.13. The zero-order chi connectivity index (χ0) is 10.8. The van der Waals surface area contributed by atoms with Gasteiger partial charge in [-0.25, -0.2) is 0 Å². The number of allylic oxidation sites excluding steroid dienone is 1. The summed E-state index contributed by atoms with van der Waals surface area (Å²) in [5.41, 5.74) is 0. The van der Waals surface area contributed by atoms with Crippen LogP contribution in [0.25, 0.3) is 0 Å². The van der Waals surface area contributed by atoms with Crippen LogP contribution in [0.4, 0.5) is 0 Å². The van der Waals surface area contributed by atoms with Crippen LogP contribution in [-0.2, 0) is 9.53 Å². The third-order valence-corrected chi connectivity index (χ3v) is 2.36. The molecule has 0 radical (unpaired) electrons. The molecule has 2 heteroatoms. The van der Waals surface area contributed by atoms with Gasteiger partial charge in [-0.2, -0.15) is 0 Å². The van der Waals surface area contributed by atoms with Crippen molar-refractivity contribution >= 4 is 6.29 Å². The first-order valence-corrected chi connectivity index (χ1v) is 5.49. The van der Waals surface area contributed by atoms with E-state index in [9.17, 15) is 4.79 Å². The summed E-state index contributed by atoms with van der Waals surface area (Å²) in [6, 6.07) is 0. The van der Waals surface area contributed by atoms with Crippen LogP contribution in [0, 0.1) is 5.92 Å². The van der Waals surface area contributed by atoms with Crippen LogP contribution in [0.2, 0.25) is 0 Å². The molecule has 0 aliphatic rings. The summed E-state index contributed by atoms with van der Waals surface area (Å²) in [4.78, 5) is 10.2. The van der Waals surface area contributed by atoms with Gasteiger partial charge in [0, 0.05) is 12.5 Å². The number of carbonyl (C=O) groups excluding carboxylic acids is 1. The van der Waals surface area contributed by atoms with Crippen molar-refractivity contribution in [1.29, 1.82) is 0 Å². The molecule has 0 aliphatic carbocycles. The molecule has 82 valence electrons. The van der Waals surface area contributed by atoms with Crippen molar-refractivity contribution in [2.75, 3.05) is 6.61 Å². The van der Waals surface area contributed by atoms with E-state index in [2.05, 4.69) is 13.8 Å². The van der Waals surface area contributed by atoms with Crippen molar-refractivity contribution in [2.45, 2.75) is 46.1 Å². The SMILES string of the molecule is CCCCC(/C=C/C=O)C(C)OCC. The molecular weight excluding hydrogens is 176 g/mol. The fourth-order valence-corrected chi connectivity index (χ4v) is 1.50. The molecular formula is C12H22O2. The first-order valence-electron chi connectivity index (χ1n) is 5.49. The normalized spacial score (nSPS) is 15.6. The molecule has 2 nitrogen and oxygen atoms in total. The van der Waals surface area contributed by atoms with Gasteiger partial charge >= 0.3 is 0 Å². The Balaban J connectivity index is 4.06. The Morgan fingerprint density at radius 1 is 1.36 bits per heavy atom. The maximum atomic E-state index is 10.2. The largest absolute Gasteiger partial charge is 0.378 e. The lowest BCUT2D eigenvalue weighted by molar-refractivity contribution is -0.104. The highest BCUT2D eigenvalue weighted by atomic mass is 16.5. The maximum absolute atomic E-state index is 10.2. The van der Waals surface area contributed by atoms with Gasteiger partial charge in [-0.3, -0.25) is 4.79 Å². The molecule has 0 aliphatic heterocycles. The zero-order valence-corrected chi connectivity index (χ0v) is 9.53. The third kappa shape index (κ3) is 5.92. The molecule has 0 aromatic rings. The maximum Gasteiger partial charge on any atom is 0.142 e. The Labute approximate surface area is 87.3 Å². The van der Waals surface area contributed by atoms with Gasteiger partial charge in [-0.05, 0) is 26.3 Å². The fourth-order valence-electron chi connectivity index (χ4n) is 1.50. The van der Waals surface area contributed by atoms with Gasteiger partial charge < -0.3 is 4.74 Å². The molecule has 2 atom stereocenters. The van der Waals surface area contributed by atoms with Gasteiger partial charge in [0.25, 0.3) is 0 Å². The molecule has 0 amide bonds. The Hall–Kier alpha value is -0.630. The Kier molecular flexibility index (Phi) is 8.54. The Morgan fingerprint density at radius 3 is 2.57 bits per heavy atom. The van der Waals surface area contributed by atoms with Gasteiger partial charge in [-0.15, -0.1) is 0 Å². The first kappa shape index (κ1) is 13.4. The van der Waals surface area contributed by atoms with E-state index in [0.717, 1.165) is 19.3 Å². The van der Waals surface area contributed by atoms with Crippen LogP contribution in [0.5, 0.6) is 0 Å². The van der Waals surface area contributed by atoms with Gasteiger partial charge in [0.1, 0.15) is 6.29 Å². The highest BCUT2D eigenvalue weighted by molar-refractivity contribution is 5.64. The van der Waals surface area contributed by atoms with Gasteiger partial charge in [0.2, 0.25) is 0 Å². The predicted octanol–water partition coefficient (Wildman–Crippen LogP) is 2.97. The standard InChI is InChI=1S/C12H22O2/c1-4-6-8-12(9-7-10-13)11(3)14-5-2/h7,9-12H,4-6,8H2,1-3H3/b9-7+. The molecule has 0 fully saturated rings. The summed E-state index contributed by atoms with van der Waals surface area (Å²) < 4.78 is 5.53. The van der Waals surface area contributed by atoms with Gasteiger partial charge in [-0.1, -0.05) is 25.8 Å². The van der Waals surface area contributed by atoms with Gasteiger partial charge in [0.05, 0.1) is 6.10 Å². The third-order valence-electron chi connectivity index (χ3n) is 2.36. The summed E-state index contributed by atoms with van der Waals surface area (Å²) in [5.74, 6) is 0.375. The van der Waals surface area contributed by atoms with E-state index in [-0.39, 0.29) is 6.10 Å². The van der Waals surface area contributed by atoms with E-state index in [4.69, 9.17) is 4.74 Å². The van der Waals surface area contributed by atoms with Crippen molar-refractivity contribution in [3.63, 3.8) is 0 Å². The average Bonchev–Trinajstić information content (AvgIpc) is 2.18. The van der Waals surface area contributed by atoms with E-state index in [1.165, 1.54) is 12.8 Å². The molecule has 2 unspecified atom stereocenters. The van der Waals surface area contributed by atoms with Crippen molar-refractivity contribution in [1.82, 2.24) is 0 Å². The molecule has 0 aromatic carbocycles. The van der Waals surface area contributed by atoms with E-state index in [1.807, 2.05) is 13.0 Å². The second-order valence-corrected chi connectivity index (χ2v) is 3.49. The number of hydrogen-bond acceptors (Lipinski definition) is 2. The van der Waals surface area contributed by atoms with Crippen LogP contribution in [-0.4, -0.2) is 19.0 Å². The fraction of sp³-hybridized carbons (Fsp3) is 0.750. The second-order valence-electron chi connectivity index (χ2n) is 3.49. The summed E-state index contributed by atoms with van der Waals surface area (Å²) in [5, 5.41) is 0. The number of rotatable bonds is 8. The lowest BCUT2D eigenvalue weighted by Crippen LogP contribution is -2.19. The van der Waals surface area contributed by atoms with Crippen LogP contribution in [0.15, 0.2) is 12.2 Å². The minimum absolute atomic E-state index is 0.211. The Morgan fingerprint density at radius 2 is 2.07 bits per heavy atom. The lowest BCUT2D eigenvalue weighted by Gasteiger charge is -2.20. The highest BCUT2D eigenvalue weighted by Crippen LogP contribution is 2.17. The smallest absolute Gasteiger partial charge is 0.142 e. The number of ether oxygens (including phenoxy) is 1. The molecule has 0 N–H and O–H groups in total. The topological polar surface area (TPSA) is 26.3 Å². The molecule has 0 spiro atoms. The Bertz CT molecular complexity index is 164. The minimum atomic E-state index is 0.211. The molecule has 0 aromatic heterocycles. The lowest BCUT2D eigenvalue weighted by atomic mass is 9.96. The summed E-state index contributed by atoms with van der Waals surface area (Å²) >= 11 is 0. The van der Waals surface area contributed by atoms with Crippen LogP contribution in [0.1, 0.15) is 40.0 Å². The summed E-state index contributed by atoms with van der Waals surface area (Å²) in [6.07, 6.45) is 8.05. The molecule has 14 heavy (non-hydrogen) atoms. The van der Waals surface area contributed by atoms with E-state index in [1.54, 1.807) is 6.08 Å². The van der Waals surface area contributed by atoms with Gasteiger partial charge in [0.15, 0.2) is 0 Å². The number of hydrogen-bond donors (Lipinski definition) is 0. The monoisotopic (exact) mass is 198 g/mol.